The Morgan fingerprint density at radius 2 is 2.32 bits per heavy atom. The minimum atomic E-state index is -1.09. The van der Waals surface area contributed by atoms with Gasteiger partial charge >= 0.3 is 5.97 Å². The first-order valence-electron chi connectivity index (χ1n) is 7.57. The zero-order valence-corrected chi connectivity index (χ0v) is 12.8. The lowest BCUT2D eigenvalue weighted by Crippen LogP contribution is -2.41. The summed E-state index contributed by atoms with van der Waals surface area (Å²) in [6.07, 6.45) is 4.28. The molecule has 0 radical (unpaired) electrons. The highest BCUT2D eigenvalue weighted by atomic mass is 16.5. The number of hydrogen-bond donors (Lipinski definition) is 0. The minimum Gasteiger partial charge on any atom is -0.457 e. The van der Waals surface area contributed by atoms with Crippen LogP contribution in [0.3, 0.4) is 0 Å². The zero-order chi connectivity index (χ0) is 16.0. The number of azide groups is 1. The Labute approximate surface area is 130 Å². The van der Waals surface area contributed by atoms with E-state index in [2.05, 4.69) is 16.6 Å². The molecule has 0 bridgehead atoms. The molecular weight excluding hydrogens is 278 g/mol. The van der Waals surface area contributed by atoms with Crippen molar-refractivity contribution in [2.45, 2.75) is 44.2 Å². The normalized spacial score (nSPS) is 25.0. The highest BCUT2D eigenvalue weighted by Gasteiger charge is 2.49. The third-order valence-electron chi connectivity index (χ3n) is 4.37. The maximum atomic E-state index is 12.7. The van der Waals surface area contributed by atoms with Gasteiger partial charge in [0.1, 0.15) is 11.6 Å². The van der Waals surface area contributed by atoms with Crippen LogP contribution in [0.2, 0.25) is 0 Å². The fourth-order valence-corrected chi connectivity index (χ4v) is 3.15. The molecule has 1 aromatic rings. The van der Waals surface area contributed by atoms with Gasteiger partial charge < -0.3 is 4.74 Å². The molecule has 3 atom stereocenters. The smallest absolute Gasteiger partial charge is 0.318 e. The molecule has 0 N–H and O–H groups in total. The Hall–Kier alpha value is -2.26. The van der Waals surface area contributed by atoms with Crippen LogP contribution < -0.4 is 0 Å². The molecule has 1 saturated carbocycles. The van der Waals surface area contributed by atoms with E-state index in [0.717, 1.165) is 18.4 Å². The molecule has 116 valence electrons. The predicted octanol–water partition coefficient (Wildman–Crippen LogP) is 4.72. The number of ether oxygens (including phenoxy) is 1. The van der Waals surface area contributed by atoms with Gasteiger partial charge in [-0.2, -0.15) is 0 Å². The number of carbonyl (C=O) groups is 1. The Bertz CT molecular complexity index is 581. The summed E-state index contributed by atoms with van der Waals surface area (Å²) in [5, 5.41) is 3.86. The van der Waals surface area contributed by atoms with E-state index in [1.54, 1.807) is 6.08 Å². The van der Waals surface area contributed by atoms with Crippen LogP contribution in [-0.4, -0.2) is 11.5 Å². The van der Waals surface area contributed by atoms with Crippen LogP contribution >= 0.6 is 0 Å². The highest BCUT2D eigenvalue weighted by Crippen LogP contribution is 2.43. The molecule has 1 fully saturated rings. The number of nitrogens with zero attached hydrogens (tertiary/aromatic N) is 3. The van der Waals surface area contributed by atoms with Crippen LogP contribution in [0, 0.1) is 5.92 Å². The van der Waals surface area contributed by atoms with Crippen molar-refractivity contribution in [3.05, 3.63) is 59.0 Å². The monoisotopic (exact) mass is 299 g/mol. The van der Waals surface area contributed by atoms with Gasteiger partial charge in [-0.1, -0.05) is 47.9 Å². The van der Waals surface area contributed by atoms with E-state index in [9.17, 15) is 4.79 Å². The van der Waals surface area contributed by atoms with Gasteiger partial charge in [-0.25, -0.2) is 0 Å². The van der Waals surface area contributed by atoms with Crippen molar-refractivity contribution in [3.8, 4) is 0 Å². The standard InChI is InChI=1S/C17H21N3O2/c1-3-8-15-11-7-12-17(15,19-20-18)16(21)22-13(2)14-9-5-4-6-10-14/h3-6,9-10,13,15H,1,7-8,11-12H2,2H3/t13-,15+,17+/m1/s1. The van der Waals surface area contributed by atoms with Crippen molar-refractivity contribution >= 4 is 5.97 Å². The second kappa shape index (κ2) is 7.14. The van der Waals surface area contributed by atoms with Gasteiger partial charge in [0.2, 0.25) is 0 Å². The molecule has 1 aliphatic carbocycles. The van der Waals surface area contributed by atoms with Crippen molar-refractivity contribution in [3.63, 3.8) is 0 Å². The third-order valence-corrected chi connectivity index (χ3v) is 4.37. The van der Waals surface area contributed by atoms with E-state index in [1.165, 1.54) is 0 Å². The van der Waals surface area contributed by atoms with Crippen molar-refractivity contribution in [1.82, 2.24) is 0 Å². The Morgan fingerprint density at radius 3 is 2.95 bits per heavy atom. The highest BCUT2D eigenvalue weighted by molar-refractivity contribution is 5.82. The molecule has 0 spiro atoms. The maximum Gasteiger partial charge on any atom is 0.318 e. The molecule has 1 aliphatic rings. The largest absolute Gasteiger partial charge is 0.457 e. The van der Waals surface area contributed by atoms with E-state index in [0.29, 0.717) is 12.8 Å². The van der Waals surface area contributed by atoms with Crippen LogP contribution in [0.4, 0.5) is 0 Å². The van der Waals surface area contributed by atoms with E-state index in [4.69, 9.17) is 10.3 Å². The third kappa shape index (κ3) is 3.15. The SMILES string of the molecule is C=CC[C@H]1CCC[C@@]1(N=[N+]=[N-])C(=O)O[C@H](C)c1ccccc1. The summed E-state index contributed by atoms with van der Waals surface area (Å²) in [6, 6.07) is 9.54. The Kier molecular flexibility index (Phi) is 5.23. The lowest BCUT2D eigenvalue weighted by molar-refractivity contribution is -0.156. The molecule has 5 heteroatoms. The second-order valence-electron chi connectivity index (χ2n) is 5.69. The number of rotatable bonds is 6. The van der Waals surface area contributed by atoms with E-state index >= 15 is 0 Å². The summed E-state index contributed by atoms with van der Waals surface area (Å²) in [7, 11) is 0. The first-order valence-corrected chi connectivity index (χ1v) is 7.57. The summed E-state index contributed by atoms with van der Waals surface area (Å²) in [5.41, 5.74) is 8.73. The average molecular weight is 299 g/mol. The maximum absolute atomic E-state index is 12.7. The lowest BCUT2D eigenvalue weighted by atomic mass is 9.85. The Morgan fingerprint density at radius 1 is 1.59 bits per heavy atom. The van der Waals surface area contributed by atoms with Gasteiger partial charge in [0.05, 0.1) is 0 Å². The molecule has 0 saturated heterocycles. The Balaban J connectivity index is 2.20. The average Bonchev–Trinajstić information content (AvgIpc) is 2.93. The van der Waals surface area contributed by atoms with Crippen molar-refractivity contribution in [1.29, 1.82) is 0 Å². The van der Waals surface area contributed by atoms with Crippen LogP contribution in [-0.2, 0) is 9.53 Å². The van der Waals surface area contributed by atoms with Crippen molar-refractivity contribution < 1.29 is 9.53 Å². The summed E-state index contributed by atoms with van der Waals surface area (Å²) in [4.78, 5) is 15.6. The van der Waals surface area contributed by atoms with Gasteiger partial charge in [0, 0.05) is 4.91 Å². The molecule has 5 nitrogen and oxygen atoms in total. The molecule has 0 amide bonds. The van der Waals surface area contributed by atoms with Crippen LogP contribution in [0.1, 0.15) is 44.3 Å². The molecular formula is C17H21N3O2. The predicted molar refractivity (Wildman–Crippen MR) is 85.0 cm³/mol. The summed E-state index contributed by atoms with van der Waals surface area (Å²) >= 11 is 0. The molecule has 1 aromatic carbocycles. The van der Waals surface area contributed by atoms with Crippen molar-refractivity contribution in [2.75, 3.05) is 0 Å². The number of allylic oxidation sites excluding steroid dienone is 1. The number of carbonyl (C=O) groups excluding carboxylic acids is 1. The first kappa shape index (κ1) is 16.1. The van der Waals surface area contributed by atoms with E-state index in [-0.39, 0.29) is 12.0 Å². The van der Waals surface area contributed by atoms with Crippen LogP contribution in [0.5, 0.6) is 0 Å². The molecule has 2 rings (SSSR count). The number of esters is 1. The van der Waals surface area contributed by atoms with Crippen LogP contribution in [0.25, 0.3) is 10.4 Å². The molecule has 0 unspecified atom stereocenters. The second-order valence-corrected chi connectivity index (χ2v) is 5.69. The van der Waals surface area contributed by atoms with Gasteiger partial charge in [-0.15, -0.1) is 6.58 Å². The molecule has 0 aromatic heterocycles. The summed E-state index contributed by atoms with van der Waals surface area (Å²) in [6.45, 7) is 5.56. The minimum absolute atomic E-state index is 0.0311. The number of benzene rings is 1. The first-order chi connectivity index (χ1) is 10.6. The van der Waals surface area contributed by atoms with Crippen molar-refractivity contribution in [2.24, 2.45) is 11.0 Å². The van der Waals surface area contributed by atoms with Gasteiger partial charge in [-0.05, 0) is 43.2 Å². The van der Waals surface area contributed by atoms with E-state index < -0.39 is 11.5 Å². The summed E-state index contributed by atoms with van der Waals surface area (Å²) in [5.74, 6) is -0.456. The summed E-state index contributed by atoms with van der Waals surface area (Å²) < 4.78 is 5.61. The fraction of sp³-hybridized carbons (Fsp3) is 0.471. The van der Waals surface area contributed by atoms with Gasteiger partial charge in [0.15, 0.2) is 0 Å². The van der Waals surface area contributed by atoms with Gasteiger partial charge in [-0.3, -0.25) is 4.79 Å². The molecule has 22 heavy (non-hydrogen) atoms. The quantitative estimate of drug-likeness (QED) is 0.251. The topological polar surface area (TPSA) is 75.1 Å². The lowest BCUT2D eigenvalue weighted by Gasteiger charge is -2.29. The number of hydrogen-bond acceptors (Lipinski definition) is 3. The fourth-order valence-electron chi connectivity index (χ4n) is 3.15. The van der Waals surface area contributed by atoms with E-state index in [1.807, 2.05) is 37.3 Å². The van der Waals surface area contributed by atoms with Crippen LogP contribution in [0.15, 0.2) is 48.1 Å². The molecule has 0 aliphatic heterocycles. The zero-order valence-electron chi connectivity index (χ0n) is 12.8. The van der Waals surface area contributed by atoms with Gasteiger partial charge in [0.25, 0.3) is 0 Å². The molecule has 0 heterocycles.